The zero-order valence-electron chi connectivity index (χ0n) is 15.0. The lowest BCUT2D eigenvalue weighted by Gasteiger charge is -2.32. The fraction of sp³-hybridized carbons (Fsp3) is 0.421. The van der Waals surface area contributed by atoms with Gasteiger partial charge >= 0.3 is 0 Å². The predicted molar refractivity (Wildman–Crippen MR) is 109 cm³/mol. The third-order valence-corrected chi connectivity index (χ3v) is 7.80. The van der Waals surface area contributed by atoms with Crippen molar-refractivity contribution in [2.75, 3.05) is 0 Å². The van der Waals surface area contributed by atoms with Crippen LogP contribution in [0.5, 0.6) is 0 Å². The molecule has 0 aliphatic heterocycles. The van der Waals surface area contributed by atoms with E-state index in [4.69, 9.17) is 28.9 Å². The molecule has 1 fully saturated rings. The van der Waals surface area contributed by atoms with Crippen molar-refractivity contribution in [1.82, 2.24) is 4.31 Å². The minimum Gasteiger partial charge on any atom is -0.369 e. The first-order valence-corrected chi connectivity index (χ1v) is 10.8. The maximum Gasteiger partial charge on any atom is 0.238 e. The molecule has 8 heteroatoms. The average Bonchev–Trinajstić information content (AvgIpc) is 2.63. The summed E-state index contributed by atoms with van der Waals surface area (Å²) >= 11 is 11.9. The summed E-state index contributed by atoms with van der Waals surface area (Å²) in [5, 5.41) is 0.243. The SMILES string of the molecule is C=CN(C(C)C#Cc1ccc(Cl)c(Cl)c1)S(=O)(=O)C1CCC(C(N)=O)CC1. The number of hydrogen-bond donors (Lipinski definition) is 1. The standard InChI is InChI=1S/C19H22Cl2N2O3S/c1-3-23(13(2)4-5-14-6-11-17(20)18(21)12-14)27(25,26)16-9-7-15(8-10-16)19(22)24/h3,6,11-13,15-16H,1,7-10H2,2H3,(H2,22,24). The van der Waals surface area contributed by atoms with E-state index in [1.807, 2.05) is 0 Å². The van der Waals surface area contributed by atoms with Gasteiger partial charge in [-0.1, -0.05) is 41.6 Å². The molecule has 2 rings (SSSR count). The summed E-state index contributed by atoms with van der Waals surface area (Å²) in [6, 6.07) is 4.38. The second kappa shape index (κ2) is 9.01. The van der Waals surface area contributed by atoms with E-state index in [0.717, 1.165) is 0 Å². The number of hydrogen-bond acceptors (Lipinski definition) is 3. The average molecular weight is 429 g/mol. The van der Waals surface area contributed by atoms with Crippen molar-refractivity contribution in [3.05, 3.63) is 46.6 Å². The van der Waals surface area contributed by atoms with Crippen molar-refractivity contribution in [3.63, 3.8) is 0 Å². The monoisotopic (exact) mass is 428 g/mol. The van der Waals surface area contributed by atoms with Crippen LogP contribution in [0.1, 0.15) is 38.2 Å². The molecule has 146 valence electrons. The summed E-state index contributed by atoms with van der Waals surface area (Å²) in [6.07, 6.45) is 3.03. The summed E-state index contributed by atoms with van der Waals surface area (Å²) in [5.74, 6) is 5.22. The van der Waals surface area contributed by atoms with Gasteiger partial charge in [-0.3, -0.25) is 9.10 Å². The molecular formula is C19H22Cl2N2O3S. The summed E-state index contributed by atoms with van der Waals surface area (Å²) in [5.41, 5.74) is 5.96. The van der Waals surface area contributed by atoms with Crippen molar-refractivity contribution in [2.45, 2.75) is 43.9 Å². The van der Waals surface area contributed by atoms with Crippen molar-refractivity contribution in [2.24, 2.45) is 11.7 Å². The predicted octanol–water partition coefficient (Wildman–Crippen LogP) is 3.55. The third-order valence-electron chi connectivity index (χ3n) is 4.70. The van der Waals surface area contributed by atoms with E-state index in [2.05, 4.69) is 18.4 Å². The highest BCUT2D eigenvalue weighted by atomic mass is 35.5. The van der Waals surface area contributed by atoms with Gasteiger partial charge in [-0.25, -0.2) is 8.42 Å². The Labute approximate surface area is 170 Å². The highest BCUT2D eigenvalue weighted by Gasteiger charge is 2.36. The Balaban J connectivity index is 2.15. The van der Waals surface area contributed by atoms with Gasteiger partial charge in [-0.2, -0.15) is 0 Å². The van der Waals surface area contributed by atoms with E-state index in [9.17, 15) is 13.2 Å². The van der Waals surface area contributed by atoms with Crippen LogP contribution in [0.3, 0.4) is 0 Å². The second-order valence-corrected chi connectivity index (χ2v) is 9.44. The van der Waals surface area contributed by atoms with Crippen LogP contribution in [0.4, 0.5) is 0 Å². The number of halogens is 2. The van der Waals surface area contributed by atoms with Crippen LogP contribution in [0.15, 0.2) is 31.0 Å². The molecule has 0 saturated heterocycles. The van der Waals surface area contributed by atoms with E-state index in [1.54, 1.807) is 25.1 Å². The number of sulfonamides is 1. The van der Waals surface area contributed by atoms with Gasteiger partial charge in [0.25, 0.3) is 0 Å². The largest absolute Gasteiger partial charge is 0.369 e. The molecule has 0 spiro atoms. The molecule has 0 aromatic heterocycles. The lowest BCUT2D eigenvalue weighted by molar-refractivity contribution is -0.122. The molecule has 1 amide bonds. The molecule has 1 aliphatic rings. The minimum absolute atomic E-state index is 0.250. The highest BCUT2D eigenvalue weighted by molar-refractivity contribution is 7.89. The molecule has 1 aliphatic carbocycles. The lowest BCUT2D eigenvalue weighted by Crippen LogP contribution is -2.42. The number of benzene rings is 1. The molecule has 1 aromatic rings. The number of nitrogens with zero attached hydrogens (tertiary/aromatic N) is 1. The van der Waals surface area contributed by atoms with Gasteiger partial charge in [0, 0.05) is 17.7 Å². The first-order valence-electron chi connectivity index (χ1n) is 8.57. The zero-order chi connectivity index (χ0) is 20.2. The van der Waals surface area contributed by atoms with E-state index >= 15 is 0 Å². The Morgan fingerprint density at radius 1 is 1.30 bits per heavy atom. The van der Waals surface area contributed by atoms with Gasteiger partial charge in [0.2, 0.25) is 15.9 Å². The van der Waals surface area contributed by atoms with Gasteiger partial charge in [-0.05, 0) is 50.8 Å². The molecule has 0 radical (unpaired) electrons. The lowest BCUT2D eigenvalue weighted by atomic mass is 9.88. The smallest absolute Gasteiger partial charge is 0.238 e. The van der Waals surface area contributed by atoms with Gasteiger partial charge in [0.15, 0.2) is 0 Å². The topological polar surface area (TPSA) is 80.5 Å². The minimum atomic E-state index is -3.63. The zero-order valence-corrected chi connectivity index (χ0v) is 17.3. The van der Waals surface area contributed by atoms with Gasteiger partial charge in [-0.15, -0.1) is 0 Å². The van der Waals surface area contributed by atoms with Crippen LogP contribution in [0.2, 0.25) is 10.0 Å². The molecule has 1 unspecified atom stereocenters. The number of amides is 1. The van der Waals surface area contributed by atoms with Crippen molar-refractivity contribution >= 4 is 39.1 Å². The van der Waals surface area contributed by atoms with Crippen molar-refractivity contribution in [3.8, 4) is 11.8 Å². The molecule has 1 saturated carbocycles. The maximum atomic E-state index is 13.0. The summed E-state index contributed by atoms with van der Waals surface area (Å²) in [7, 11) is -3.63. The number of carbonyl (C=O) groups excluding carboxylic acids is 1. The van der Waals surface area contributed by atoms with E-state index < -0.39 is 21.3 Å². The van der Waals surface area contributed by atoms with Gasteiger partial charge in [0.1, 0.15) is 6.04 Å². The Bertz CT molecular complexity index is 882. The number of carbonyl (C=O) groups is 1. The van der Waals surface area contributed by atoms with Crippen LogP contribution in [-0.4, -0.2) is 29.9 Å². The number of nitrogens with two attached hydrogens (primary N) is 1. The van der Waals surface area contributed by atoms with Crippen LogP contribution >= 0.6 is 23.2 Å². The van der Waals surface area contributed by atoms with Crippen LogP contribution in [0.25, 0.3) is 0 Å². The van der Waals surface area contributed by atoms with Crippen molar-refractivity contribution in [1.29, 1.82) is 0 Å². The Morgan fingerprint density at radius 3 is 2.44 bits per heavy atom. The van der Waals surface area contributed by atoms with Crippen molar-refractivity contribution < 1.29 is 13.2 Å². The van der Waals surface area contributed by atoms with E-state index in [1.165, 1.54) is 10.5 Å². The number of rotatable bonds is 5. The van der Waals surface area contributed by atoms with Gasteiger partial charge in [0.05, 0.1) is 15.3 Å². The van der Waals surface area contributed by atoms with E-state index in [0.29, 0.717) is 41.3 Å². The molecular weight excluding hydrogens is 407 g/mol. The number of primary amides is 1. The van der Waals surface area contributed by atoms with Crippen LogP contribution in [0, 0.1) is 17.8 Å². The quantitative estimate of drug-likeness (QED) is 0.727. The van der Waals surface area contributed by atoms with E-state index in [-0.39, 0.29) is 11.8 Å². The third kappa shape index (κ3) is 5.19. The Morgan fingerprint density at radius 2 is 1.93 bits per heavy atom. The molecule has 27 heavy (non-hydrogen) atoms. The normalized spacial score (nSPS) is 20.9. The second-order valence-electron chi connectivity index (χ2n) is 6.51. The first-order chi connectivity index (χ1) is 12.7. The fourth-order valence-corrected chi connectivity index (χ4v) is 5.34. The fourth-order valence-electron chi connectivity index (χ4n) is 3.13. The first kappa shape index (κ1) is 21.6. The molecule has 0 bridgehead atoms. The molecule has 1 aromatic carbocycles. The molecule has 1 atom stereocenters. The summed E-state index contributed by atoms with van der Waals surface area (Å²) < 4.78 is 27.1. The Hall–Kier alpha value is -1.68. The Kier molecular flexibility index (Phi) is 7.21. The summed E-state index contributed by atoms with van der Waals surface area (Å²) in [6.45, 7) is 5.33. The molecule has 0 heterocycles. The van der Waals surface area contributed by atoms with Crippen LogP contribution < -0.4 is 5.73 Å². The molecule has 5 nitrogen and oxygen atoms in total. The maximum absolute atomic E-state index is 13.0. The van der Waals surface area contributed by atoms with Gasteiger partial charge < -0.3 is 5.73 Å². The highest BCUT2D eigenvalue weighted by Crippen LogP contribution is 2.31. The summed E-state index contributed by atoms with van der Waals surface area (Å²) in [4.78, 5) is 11.3. The molecule has 2 N–H and O–H groups in total. The van der Waals surface area contributed by atoms with Crippen LogP contribution in [-0.2, 0) is 14.8 Å².